The lowest BCUT2D eigenvalue weighted by atomic mass is 10.0. The maximum absolute atomic E-state index is 12.0. The Morgan fingerprint density at radius 2 is 1.92 bits per heavy atom. The Balaban J connectivity index is 2.45. The average molecular weight is 401 g/mol. The fourth-order valence-electron chi connectivity index (χ4n) is 2.29. The molecule has 2 amide bonds. The first kappa shape index (κ1) is 19.2. The molecule has 0 spiro atoms. The van der Waals surface area contributed by atoms with Crippen LogP contribution in [0.4, 0.5) is 5.00 Å². The predicted molar refractivity (Wildman–Crippen MR) is 98.5 cm³/mol. The van der Waals surface area contributed by atoms with Gasteiger partial charge in [-0.25, -0.2) is 0 Å². The van der Waals surface area contributed by atoms with Crippen molar-refractivity contribution in [1.82, 2.24) is 0 Å². The van der Waals surface area contributed by atoms with Crippen LogP contribution in [0.25, 0.3) is 11.1 Å². The van der Waals surface area contributed by atoms with Crippen molar-refractivity contribution in [2.45, 2.75) is 19.8 Å². The fraction of sp³-hybridized carbons (Fsp3) is 0.188. The van der Waals surface area contributed by atoms with Gasteiger partial charge in [-0.3, -0.25) is 14.4 Å². The van der Waals surface area contributed by atoms with Gasteiger partial charge in [0.1, 0.15) is 5.00 Å². The first-order chi connectivity index (χ1) is 11.7. The minimum atomic E-state index is -1.08. The van der Waals surface area contributed by atoms with E-state index < -0.39 is 17.8 Å². The second-order valence-electron chi connectivity index (χ2n) is 5.17. The first-order valence-corrected chi connectivity index (χ1v) is 8.68. The molecule has 1 aromatic carbocycles. The van der Waals surface area contributed by atoms with Crippen molar-refractivity contribution >= 4 is 57.3 Å². The van der Waals surface area contributed by atoms with Crippen LogP contribution in [-0.4, -0.2) is 22.9 Å². The van der Waals surface area contributed by atoms with Gasteiger partial charge in [0.15, 0.2) is 0 Å². The predicted octanol–water partition coefficient (Wildman–Crippen LogP) is 3.93. The maximum atomic E-state index is 12.0. The lowest BCUT2D eigenvalue weighted by molar-refractivity contribution is -0.138. The standard InChI is InChI=1S/C16H14Cl2N2O4S/c1-7-13(9-3-2-8(17)6-10(9)18)14(15(19)24)16(25-7)20-11(21)4-5-12(22)23/h2-3,6H,4-5H2,1H3,(H2,19,24)(H,20,21)(H,22,23). The number of aryl methyl sites for hydroxylation is 1. The summed E-state index contributed by atoms with van der Waals surface area (Å²) in [5, 5.41) is 12.3. The van der Waals surface area contributed by atoms with Crippen LogP contribution in [0, 0.1) is 6.92 Å². The summed E-state index contributed by atoms with van der Waals surface area (Å²) in [6.45, 7) is 1.77. The maximum Gasteiger partial charge on any atom is 0.303 e. The molecule has 0 atom stereocenters. The lowest BCUT2D eigenvalue weighted by Gasteiger charge is -2.08. The summed E-state index contributed by atoms with van der Waals surface area (Å²) in [6.07, 6.45) is -0.514. The largest absolute Gasteiger partial charge is 0.481 e. The second kappa shape index (κ2) is 7.86. The van der Waals surface area contributed by atoms with E-state index in [0.717, 1.165) is 4.88 Å². The third-order valence-electron chi connectivity index (χ3n) is 3.35. The Labute approximate surface area is 157 Å². The number of hydrogen-bond donors (Lipinski definition) is 3. The molecule has 0 saturated heterocycles. The Hall–Kier alpha value is -2.09. The van der Waals surface area contributed by atoms with Gasteiger partial charge in [-0.05, 0) is 19.1 Å². The molecule has 0 aliphatic heterocycles. The summed E-state index contributed by atoms with van der Waals surface area (Å²) < 4.78 is 0. The smallest absolute Gasteiger partial charge is 0.303 e. The number of carboxylic acid groups (broad SMARTS) is 1. The molecule has 132 valence electrons. The molecular weight excluding hydrogens is 387 g/mol. The molecule has 0 aliphatic rings. The highest BCUT2D eigenvalue weighted by Crippen LogP contribution is 2.42. The van der Waals surface area contributed by atoms with Gasteiger partial charge in [-0.1, -0.05) is 29.3 Å². The molecule has 0 saturated carbocycles. The highest BCUT2D eigenvalue weighted by atomic mass is 35.5. The van der Waals surface area contributed by atoms with Crippen LogP contribution in [-0.2, 0) is 9.59 Å². The van der Waals surface area contributed by atoms with Crippen LogP contribution in [0.2, 0.25) is 10.0 Å². The number of primary amides is 1. The van der Waals surface area contributed by atoms with Crippen molar-refractivity contribution < 1.29 is 19.5 Å². The van der Waals surface area contributed by atoms with Gasteiger partial charge in [0.05, 0.1) is 12.0 Å². The fourth-order valence-corrected chi connectivity index (χ4v) is 3.89. The van der Waals surface area contributed by atoms with E-state index in [9.17, 15) is 14.4 Å². The molecule has 9 heteroatoms. The number of halogens is 2. The van der Waals surface area contributed by atoms with Crippen LogP contribution >= 0.6 is 34.5 Å². The minimum Gasteiger partial charge on any atom is -0.481 e. The number of nitrogens with two attached hydrogens (primary N) is 1. The first-order valence-electron chi connectivity index (χ1n) is 7.11. The zero-order chi connectivity index (χ0) is 18.7. The van der Waals surface area contributed by atoms with Crippen LogP contribution in [0.1, 0.15) is 28.1 Å². The molecule has 0 unspecified atom stereocenters. The molecule has 0 aliphatic carbocycles. The average Bonchev–Trinajstić information content (AvgIpc) is 2.81. The molecular formula is C16H14Cl2N2O4S. The summed E-state index contributed by atoms with van der Waals surface area (Å²) in [6, 6.07) is 4.85. The summed E-state index contributed by atoms with van der Waals surface area (Å²) >= 11 is 13.3. The van der Waals surface area contributed by atoms with Crippen molar-refractivity contribution in [2.24, 2.45) is 5.73 Å². The van der Waals surface area contributed by atoms with Crippen molar-refractivity contribution in [3.63, 3.8) is 0 Å². The van der Waals surface area contributed by atoms with E-state index >= 15 is 0 Å². The third kappa shape index (κ3) is 4.50. The van der Waals surface area contributed by atoms with Crippen molar-refractivity contribution in [2.75, 3.05) is 5.32 Å². The van der Waals surface area contributed by atoms with E-state index in [2.05, 4.69) is 5.32 Å². The number of aliphatic carboxylic acids is 1. The van der Waals surface area contributed by atoms with E-state index in [1.54, 1.807) is 25.1 Å². The van der Waals surface area contributed by atoms with Crippen molar-refractivity contribution in [3.8, 4) is 11.1 Å². The van der Waals surface area contributed by atoms with Gasteiger partial charge in [-0.15, -0.1) is 11.3 Å². The van der Waals surface area contributed by atoms with Crippen LogP contribution in [0.5, 0.6) is 0 Å². The third-order valence-corrected chi connectivity index (χ3v) is 4.92. The number of carboxylic acids is 1. The van der Waals surface area contributed by atoms with E-state index in [1.165, 1.54) is 11.3 Å². The Morgan fingerprint density at radius 1 is 1.24 bits per heavy atom. The van der Waals surface area contributed by atoms with E-state index in [0.29, 0.717) is 21.2 Å². The quantitative estimate of drug-likeness (QED) is 0.681. The monoisotopic (exact) mass is 400 g/mol. The number of thiophene rings is 1. The second-order valence-corrected chi connectivity index (χ2v) is 7.24. The lowest BCUT2D eigenvalue weighted by Crippen LogP contribution is -2.17. The number of carbonyl (C=O) groups is 3. The van der Waals surface area contributed by atoms with Crippen LogP contribution < -0.4 is 11.1 Å². The SMILES string of the molecule is Cc1sc(NC(=O)CCC(=O)O)c(C(N)=O)c1-c1ccc(Cl)cc1Cl. The molecule has 0 fully saturated rings. The number of rotatable bonds is 6. The van der Waals surface area contributed by atoms with E-state index in [-0.39, 0.29) is 23.4 Å². The highest BCUT2D eigenvalue weighted by molar-refractivity contribution is 7.17. The van der Waals surface area contributed by atoms with Gasteiger partial charge in [0.25, 0.3) is 5.91 Å². The summed E-state index contributed by atoms with van der Waals surface area (Å²) in [5.74, 6) is -2.32. The molecule has 1 aromatic heterocycles. The molecule has 2 aromatic rings. The molecule has 0 radical (unpaired) electrons. The van der Waals surface area contributed by atoms with Crippen molar-refractivity contribution in [1.29, 1.82) is 0 Å². The molecule has 1 heterocycles. The Morgan fingerprint density at radius 3 is 2.48 bits per heavy atom. The molecule has 2 rings (SSSR count). The zero-order valence-electron chi connectivity index (χ0n) is 13.1. The Kier molecular flexibility index (Phi) is 6.05. The number of hydrogen-bond acceptors (Lipinski definition) is 4. The number of nitrogens with one attached hydrogen (secondary N) is 1. The molecule has 6 nitrogen and oxygen atoms in total. The minimum absolute atomic E-state index is 0.135. The number of benzene rings is 1. The van der Waals surface area contributed by atoms with E-state index in [1.807, 2.05) is 0 Å². The van der Waals surface area contributed by atoms with Gasteiger partial charge >= 0.3 is 5.97 Å². The molecule has 4 N–H and O–H groups in total. The number of amides is 2. The summed E-state index contributed by atoms with van der Waals surface area (Å²) in [7, 11) is 0. The number of anilines is 1. The summed E-state index contributed by atoms with van der Waals surface area (Å²) in [5.41, 5.74) is 6.72. The Bertz CT molecular complexity index is 864. The molecule has 25 heavy (non-hydrogen) atoms. The van der Waals surface area contributed by atoms with Crippen LogP contribution in [0.3, 0.4) is 0 Å². The van der Waals surface area contributed by atoms with E-state index in [4.69, 9.17) is 34.0 Å². The van der Waals surface area contributed by atoms with Gasteiger partial charge < -0.3 is 16.2 Å². The highest BCUT2D eigenvalue weighted by Gasteiger charge is 2.24. The molecule has 0 bridgehead atoms. The zero-order valence-corrected chi connectivity index (χ0v) is 15.4. The normalized spacial score (nSPS) is 10.5. The van der Waals surface area contributed by atoms with Crippen molar-refractivity contribution in [3.05, 3.63) is 38.7 Å². The summed E-state index contributed by atoms with van der Waals surface area (Å²) in [4.78, 5) is 35.2. The van der Waals surface area contributed by atoms with Gasteiger partial charge in [-0.2, -0.15) is 0 Å². The number of carbonyl (C=O) groups excluding carboxylic acids is 2. The van der Waals surface area contributed by atoms with Gasteiger partial charge in [0, 0.05) is 32.5 Å². The van der Waals surface area contributed by atoms with Gasteiger partial charge in [0.2, 0.25) is 5.91 Å². The topological polar surface area (TPSA) is 109 Å². The van der Waals surface area contributed by atoms with Crippen LogP contribution in [0.15, 0.2) is 18.2 Å².